The molecule has 0 saturated carbocycles. The van der Waals surface area contributed by atoms with Crippen molar-refractivity contribution >= 4 is 55.8 Å². The zero-order valence-electron chi connectivity index (χ0n) is 20.4. The monoisotopic (exact) mass is 549 g/mol. The molecule has 0 aliphatic rings. The molecule has 3 aromatic carbocycles. The molecule has 36 heavy (non-hydrogen) atoms. The number of amides is 2. The molecule has 0 aromatic heterocycles. The Balaban J connectivity index is 1.86. The normalized spacial score (nSPS) is 12.5. The van der Waals surface area contributed by atoms with Crippen LogP contribution in [0.4, 0.5) is 0 Å². The summed E-state index contributed by atoms with van der Waals surface area (Å²) in [5, 5.41) is 5.26. The van der Waals surface area contributed by atoms with E-state index in [4.69, 9.17) is 23.2 Å². The van der Waals surface area contributed by atoms with Crippen LogP contribution < -0.4 is 5.32 Å². The van der Waals surface area contributed by atoms with Crippen LogP contribution in [0.25, 0.3) is 10.8 Å². The fraction of sp³-hybridized carbons (Fsp3) is 0.308. The second-order valence-electron chi connectivity index (χ2n) is 8.49. The average Bonchev–Trinajstić information content (AvgIpc) is 2.85. The van der Waals surface area contributed by atoms with Gasteiger partial charge in [0.15, 0.2) is 0 Å². The van der Waals surface area contributed by atoms with Gasteiger partial charge in [0.05, 0.1) is 11.4 Å². The summed E-state index contributed by atoms with van der Waals surface area (Å²) in [4.78, 5) is 27.5. The maximum absolute atomic E-state index is 13.4. The van der Waals surface area contributed by atoms with E-state index in [-0.39, 0.29) is 17.3 Å². The van der Waals surface area contributed by atoms with Crippen LogP contribution in [0, 0.1) is 0 Å². The van der Waals surface area contributed by atoms with Gasteiger partial charge in [-0.15, -0.1) is 0 Å². The quantitative estimate of drug-likeness (QED) is 0.396. The summed E-state index contributed by atoms with van der Waals surface area (Å²) in [6.45, 7) is 3.55. The van der Waals surface area contributed by atoms with Crippen molar-refractivity contribution < 1.29 is 18.0 Å². The third-order valence-electron chi connectivity index (χ3n) is 5.86. The minimum Gasteiger partial charge on any atom is -0.354 e. The molecule has 3 aromatic rings. The number of carbonyl (C=O) groups is 2. The molecule has 0 radical (unpaired) electrons. The Morgan fingerprint density at radius 1 is 1.00 bits per heavy atom. The molecule has 0 saturated heterocycles. The van der Waals surface area contributed by atoms with Gasteiger partial charge in [0.1, 0.15) is 6.04 Å². The van der Waals surface area contributed by atoms with Crippen molar-refractivity contribution in [1.29, 1.82) is 0 Å². The first-order valence-corrected chi connectivity index (χ1v) is 13.7. The predicted molar refractivity (Wildman–Crippen MR) is 144 cm³/mol. The van der Waals surface area contributed by atoms with Crippen LogP contribution in [0.2, 0.25) is 10.0 Å². The van der Waals surface area contributed by atoms with Crippen LogP contribution in [-0.2, 0) is 26.2 Å². The third-order valence-corrected chi connectivity index (χ3v) is 8.25. The summed E-state index contributed by atoms with van der Waals surface area (Å²) in [5.41, 5.74) is 0.588. The molecule has 0 aliphatic heterocycles. The Hall–Kier alpha value is -2.65. The van der Waals surface area contributed by atoms with E-state index >= 15 is 0 Å². The van der Waals surface area contributed by atoms with E-state index in [1.807, 2.05) is 31.2 Å². The van der Waals surface area contributed by atoms with Crippen molar-refractivity contribution in [3.05, 3.63) is 76.3 Å². The van der Waals surface area contributed by atoms with E-state index in [2.05, 4.69) is 5.32 Å². The van der Waals surface area contributed by atoms with Crippen molar-refractivity contribution in [2.45, 2.75) is 37.8 Å². The zero-order chi connectivity index (χ0) is 26.5. The Labute approximate surface area is 222 Å². The molecule has 2 amide bonds. The van der Waals surface area contributed by atoms with Crippen LogP contribution in [0.1, 0.15) is 25.8 Å². The molecular weight excluding hydrogens is 521 g/mol. The Kier molecular flexibility index (Phi) is 9.35. The van der Waals surface area contributed by atoms with Gasteiger partial charge in [-0.2, -0.15) is 4.31 Å². The molecule has 0 spiro atoms. The molecule has 0 fully saturated rings. The number of likely N-dealkylation sites (N-methyl/N-ethyl adjacent to an activating group) is 1. The van der Waals surface area contributed by atoms with E-state index in [1.54, 1.807) is 37.3 Å². The van der Waals surface area contributed by atoms with E-state index in [9.17, 15) is 18.0 Å². The zero-order valence-corrected chi connectivity index (χ0v) is 22.7. The van der Waals surface area contributed by atoms with E-state index in [1.165, 1.54) is 18.0 Å². The summed E-state index contributed by atoms with van der Waals surface area (Å²) in [6.07, 6.45) is 0.738. The maximum Gasteiger partial charge on any atom is 0.243 e. The standard InChI is InChI=1S/C26H29Cl2N3O4S/c1-4-13-29-26(33)18(2)31(16-21-9-11-22(27)15-24(21)28)25(32)17-30(3)36(34,35)23-12-10-19-7-5-6-8-20(19)14-23/h5-12,14-15,18H,4,13,16-17H2,1-3H3,(H,29,33). The fourth-order valence-corrected chi connectivity index (χ4v) is 5.31. The lowest BCUT2D eigenvalue weighted by Crippen LogP contribution is -2.50. The summed E-state index contributed by atoms with van der Waals surface area (Å²) in [6, 6.07) is 16.3. The second kappa shape index (κ2) is 12.1. The van der Waals surface area contributed by atoms with E-state index in [0.29, 0.717) is 22.2 Å². The minimum atomic E-state index is -3.96. The average molecular weight is 551 g/mol. The van der Waals surface area contributed by atoms with Gasteiger partial charge in [0.25, 0.3) is 0 Å². The highest BCUT2D eigenvalue weighted by Crippen LogP contribution is 2.24. The number of benzene rings is 3. The van der Waals surface area contributed by atoms with Gasteiger partial charge >= 0.3 is 0 Å². The molecule has 0 bridgehead atoms. The van der Waals surface area contributed by atoms with Gasteiger partial charge in [0.2, 0.25) is 21.8 Å². The minimum absolute atomic E-state index is 0.0133. The predicted octanol–water partition coefficient (Wildman–Crippen LogP) is 4.71. The lowest BCUT2D eigenvalue weighted by Gasteiger charge is -2.30. The summed E-state index contributed by atoms with van der Waals surface area (Å²) >= 11 is 12.3. The van der Waals surface area contributed by atoms with Crippen molar-refractivity contribution in [2.24, 2.45) is 0 Å². The number of nitrogens with zero attached hydrogens (tertiary/aromatic N) is 2. The molecule has 192 valence electrons. The largest absolute Gasteiger partial charge is 0.354 e. The first kappa shape index (κ1) is 27.9. The lowest BCUT2D eigenvalue weighted by atomic mass is 10.1. The molecular formula is C26H29Cl2N3O4S. The first-order chi connectivity index (χ1) is 17.0. The van der Waals surface area contributed by atoms with Gasteiger partial charge in [0, 0.05) is 30.2 Å². The van der Waals surface area contributed by atoms with Crippen molar-refractivity contribution in [2.75, 3.05) is 20.1 Å². The number of halogens is 2. The van der Waals surface area contributed by atoms with Crippen LogP contribution >= 0.6 is 23.2 Å². The highest BCUT2D eigenvalue weighted by Gasteiger charge is 2.30. The number of rotatable bonds is 10. The summed E-state index contributed by atoms with van der Waals surface area (Å²) < 4.78 is 27.5. The molecule has 3 rings (SSSR count). The highest BCUT2D eigenvalue weighted by atomic mass is 35.5. The number of hydrogen-bond donors (Lipinski definition) is 1. The highest BCUT2D eigenvalue weighted by molar-refractivity contribution is 7.89. The second-order valence-corrected chi connectivity index (χ2v) is 11.4. The maximum atomic E-state index is 13.4. The van der Waals surface area contributed by atoms with Gasteiger partial charge in [-0.3, -0.25) is 9.59 Å². The van der Waals surface area contributed by atoms with Gasteiger partial charge in [-0.05, 0) is 53.9 Å². The van der Waals surface area contributed by atoms with Crippen molar-refractivity contribution in [3.63, 3.8) is 0 Å². The number of fused-ring (bicyclic) bond motifs is 1. The number of hydrogen-bond acceptors (Lipinski definition) is 4. The summed E-state index contributed by atoms with van der Waals surface area (Å²) in [5.74, 6) is -0.873. The van der Waals surface area contributed by atoms with Crippen LogP contribution in [0.15, 0.2) is 65.6 Å². The number of sulfonamides is 1. The molecule has 7 nitrogen and oxygen atoms in total. The van der Waals surface area contributed by atoms with Crippen molar-refractivity contribution in [1.82, 2.24) is 14.5 Å². The SMILES string of the molecule is CCCNC(=O)C(C)N(Cc1ccc(Cl)cc1Cl)C(=O)CN(C)S(=O)(=O)c1ccc2ccccc2c1. The Morgan fingerprint density at radius 2 is 1.69 bits per heavy atom. The lowest BCUT2D eigenvalue weighted by molar-refractivity contribution is -0.140. The van der Waals surface area contributed by atoms with Crippen LogP contribution in [0.5, 0.6) is 0 Å². The smallest absolute Gasteiger partial charge is 0.243 e. The Morgan fingerprint density at radius 3 is 2.36 bits per heavy atom. The molecule has 1 unspecified atom stereocenters. The molecule has 1 atom stereocenters. The number of carbonyl (C=O) groups excluding carboxylic acids is 2. The van der Waals surface area contributed by atoms with E-state index < -0.39 is 28.5 Å². The molecule has 0 heterocycles. The molecule has 0 aliphatic carbocycles. The van der Waals surface area contributed by atoms with E-state index in [0.717, 1.165) is 21.5 Å². The third kappa shape index (κ3) is 6.56. The molecule has 10 heteroatoms. The first-order valence-electron chi connectivity index (χ1n) is 11.5. The number of nitrogens with one attached hydrogen (secondary N) is 1. The summed E-state index contributed by atoms with van der Waals surface area (Å²) in [7, 11) is -2.62. The Bertz CT molecular complexity index is 1360. The van der Waals surface area contributed by atoms with Gasteiger partial charge in [-0.1, -0.05) is 66.5 Å². The van der Waals surface area contributed by atoms with Crippen molar-refractivity contribution in [3.8, 4) is 0 Å². The topological polar surface area (TPSA) is 86.8 Å². The molecule has 1 N–H and O–H groups in total. The van der Waals surface area contributed by atoms with Gasteiger partial charge < -0.3 is 10.2 Å². The van der Waals surface area contributed by atoms with Crippen LogP contribution in [-0.4, -0.2) is 55.6 Å². The van der Waals surface area contributed by atoms with Crippen LogP contribution in [0.3, 0.4) is 0 Å². The van der Waals surface area contributed by atoms with Gasteiger partial charge in [-0.25, -0.2) is 8.42 Å². The fourth-order valence-electron chi connectivity index (χ4n) is 3.69.